The lowest BCUT2D eigenvalue weighted by atomic mass is 9.81. The van der Waals surface area contributed by atoms with E-state index in [0.29, 0.717) is 11.8 Å². The molecule has 3 atom stereocenters. The summed E-state index contributed by atoms with van der Waals surface area (Å²) in [6, 6.07) is 0. The average Bonchev–Trinajstić information content (AvgIpc) is 1.95. The molecular weight excluding hydrogens is 128 g/mol. The third kappa shape index (κ3) is 1.70. The maximum atomic E-state index is 9.31. The number of rotatable bonds is 1. The summed E-state index contributed by atoms with van der Waals surface area (Å²) in [6.07, 6.45) is 2.72. The van der Waals surface area contributed by atoms with E-state index in [1.807, 2.05) is 6.92 Å². The fourth-order valence-corrected chi connectivity index (χ4v) is 1.66. The van der Waals surface area contributed by atoms with Gasteiger partial charge in [-0.15, -0.1) is 0 Å². The largest absolute Gasteiger partial charge is 0.396 e. The second-order valence-corrected chi connectivity index (χ2v) is 3.41. The Hall–Kier alpha value is -0.0800. The Kier molecular flexibility index (Phi) is 2.69. The van der Waals surface area contributed by atoms with Gasteiger partial charge in [0.25, 0.3) is 0 Å². The Morgan fingerprint density at radius 2 is 2.10 bits per heavy atom. The van der Waals surface area contributed by atoms with Crippen molar-refractivity contribution in [3.8, 4) is 0 Å². The van der Waals surface area contributed by atoms with Gasteiger partial charge in [0.2, 0.25) is 0 Å². The number of hydrogen-bond donors (Lipinski definition) is 2. The van der Waals surface area contributed by atoms with Gasteiger partial charge in [-0.05, 0) is 31.1 Å². The average molecular weight is 144 g/mol. The third-order valence-electron chi connectivity index (χ3n) is 2.49. The zero-order valence-electron chi connectivity index (χ0n) is 6.45. The summed E-state index contributed by atoms with van der Waals surface area (Å²) >= 11 is 0. The first kappa shape index (κ1) is 8.02. The molecule has 1 aliphatic rings. The molecule has 0 heterocycles. The molecule has 10 heavy (non-hydrogen) atoms. The second-order valence-electron chi connectivity index (χ2n) is 3.41. The summed E-state index contributed by atoms with van der Waals surface area (Å²) < 4.78 is 0. The third-order valence-corrected chi connectivity index (χ3v) is 2.49. The van der Waals surface area contributed by atoms with Crippen molar-refractivity contribution in [2.45, 2.75) is 32.3 Å². The Morgan fingerprint density at radius 3 is 2.60 bits per heavy atom. The summed E-state index contributed by atoms with van der Waals surface area (Å²) in [7, 11) is 0. The summed E-state index contributed by atoms with van der Waals surface area (Å²) in [5.74, 6) is 0.823. The van der Waals surface area contributed by atoms with Gasteiger partial charge in [0, 0.05) is 6.61 Å². The topological polar surface area (TPSA) is 40.5 Å². The first-order chi connectivity index (χ1) is 4.74. The Bertz CT molecular complexity index is 103. The minimum absolute atomic E-state index is 0.122. The highest BCUT2D eigenvalue weighted by molar-refractivity contribution is 4.76. The van der Waals surface area contributed by atoms with Gasteiger partial charge in [0.05, 0.1) is 6.10 Å². The quantitative estimate of drug-likeness (QED) is 0.571. The number of hydrogen-bond acceptors (Lipinski definition) is 2. The van der Waals surface area contributed by atoms with Crippen LogP contribution in [-0.2, 0) is 0 Å². The number of aliphatic hydroxyl groups excluding tert-OH is 2. The van der Waals surface area contributed by atoms with E-state index in [4.69, 9.17) is 5.11 Å². The molecule has 60 valence electrons. The van der Waals surface area contributed by atoms with Crippen LogP contribution < -0.4 is 0 Å². The highest BCUT2D eigenvalue weighted by Gasteiger charge is 2.24. The molecule has 0 saturated heterocycles. The molecule has 1 fully saturated rings. The van der Waals surface area contributed by atoms with E-state index >= 15 is 0 Å². The fraction of sp³-hybridized carbons (Fsp3) is 1.00. The van der Waals surface area contributed by atoms with E-state index in [9.17, 15) is 5.11 Å². The lowest BCUT2D eigenvalue weighted by molar-refractivity contribution is 0.0415. The van der Waals surface area contributed by atoms with Gasteiger partial charge in [-0.1, -0.05) is 6.92 Å². The van der Waals surface area contributed by atoms with Crippen LogP contribution in [0.4, 0.5) is 0 Å². The lowest BCUT2D eigenvalue weighted by Crippen LogP contribution is -2.28. The van der Waals surface area contributed by atoms with Crippen molar-refractivity contribution < 1.29 is 10.2 Å². The van der Waals surface area contributed by atoms with Crippen LogP contribution in [0.25, 0.3) is 0 Å². The first-order valence-electron chi connectivity index (χ1n) is 4.03. The molecule has 1 aliphatic carbocycles. The molecule has 3 unspecified atom stereocenters. The molecule has 2 N–H and O–H groups in total. The van der Waals surface area contributed by atoms with Crippen molar-refractivity contribution in [2.75, 3.05) is 6.61 Å². The van der Waals surface area contributed by atoms with Gasteiger partial charge in [-0.25, -0.2) is 0 Å². The van der Waals surface area contributed by atoms with Crippen LogP contribution >= 0.6 is 0 Å². The van der Waals surface area contributed by atoms with E-state index < -0.39 is 0 Å². The molecule has 0 aromatic carbocycles. The Balaban J connectivity index is 2.33. The molecule has 0 radical (unpaired) electrons. The summed E-state index contributed by atoms with van der Waals surface area (Å²) in [6.45, 7) is 2.34. The molecule has 2 heteroatoms. The van der Waals surface area contributed by atoms with Crippen molar-refractivity contribution in [2.24, 2.45) is 11.8 Å². The summed E-state index contributed by atoms with van der Waals surface area (Å²) in [4.78, 5) is 0. The zero-order valence-corrected chi connectivity index (χ0v) is 6.45. The molecule has 0 spiro atoms. The monoisotopic (exact) mass is 144 g/mol. The van der Waals surface area contributed by atoms with Crippen molar-refractivity contribution in [3.63, 3.8) is 0 Å². The van der Waals surface area contributed by atoms with E-state index in [-0.39, 0.29) is 12.7 Å². The maximum Gasteiger partial charge on any atom is 0.0566 e. The molecule has 2 nitrogen and oxygen atoms in total. The molecule has 0 aromatic heterocycles. The fourth-order valence-electron chi connectivity index (χ4n) is 1.66. The smallest absolute Gasteiger partial charge is 0.0566 e. The van der Waals surface area contributed by atoms with Gasteiger partial charge in [0.15, 0.2) is 0 Å². The van der Waals surface area contributed by atoms with Crippen LogP contribution in [0.2, 0.25) is 0 Å². The normalized spacial score (nSPS) is 41.7. The first-order valence-corrected chi connectivity index (χ1v) is 4.03. The van der Waals surface area contributed by atoms with Crippen LogP contribution in [0.5, 0.6) is 0 Å². The molecule has 0 aliphatic heterocycles. The minimum atomic E-state index is -0.122. The van der Waals surface area contributed by atoms with Crippen LogP contribution in [0, 0.1) is 11.8 Å². The van der Waals surface area contributed by atoms with Crippen LogP contribution in [-0.4, -0.2) is 22.9 Å². The Labute approximate surface area is 61.9 Å². The SMILES string of the molecule is CC1CC(CO)CCC1O. The van der Waals surface area contributed by atoms with E-state index in [2.05, 4.69) is 0 Å². The highest BCUT2D eigenvalue weighted by Crippen LogP contribution is 2.28. The van der Waals surface area contributed by atoms with E-state index in [0.717, 1.165) is 19.3 Å². The molecule has 1 rings (SSSR count). The van der Waals surface area contributed by atoms with Crippen LogP contribution in [0.1, 0.15) is 26.2 Å². The number of aliphatic hydroxyl groups is 2. The van der Waals surface area contributed by atoms with Gasteiger partial charge < -0.3 is 10.2 Å². The lowest BCUT2D eigenvalue weighted by Gasteiger charge is -2.29. The standard InChI is InChI=1S/C8H16O2/c1-6-4-7(5-9)2-3-8(6)10/h6-10H,2-5H2,1H3. The van der Waals surface area contributed by atoms with Crippen molar-refractivity contribution in [1.29, 1.82) is 0 Å². The maximum absolute atomic E-state index is 9.31. The highest BCUT2D eigenvalue weighted by atomic mass is 16.3. The summed E-state index contributed by atoms with van der Waals surface area (Å²) in [5, 5.41) is 18.1. The van der Waals surface area contributed by atoms with Crippen molar-refractivity contribution in [3.05, 3.63) is 0 Å². The molecule has 0 bridgehead atoms. The molecule has 0 aromatic rings. The van der Waals surface area contributed by atoms with Gasteiger partial charge in [-0.3, -0.25) is 0 Å². The van der Waals surface area contributed by atoms with Crippen LogP contribution in [0.15, 0.2) is 0 Å². The van der Waals surface area contributed by atoms with Gasteiger partial charge in [-0.2, -0.15) is 0 Å². The van der Waals surface area contributed by atoms with Crippen molar-refractivity contribution in [1.82, 2.24) is 0 Å². The zero-order chi connectivity index (χ0) is 7.56. The molecular formula is C8H16O2. The minimum Gasteiger partial charge on any atom is -0.396 e. The van der Waals surface area contributed by atoms with Crippen molar-refractivity contribution >= 4 is 0 Å². The van der Waals surface area contributed by atoms with E-state index in [1.54, 1.807) is 0 Å². The van der Waals surface area contributed by atoms with Gasteiger partial charge >= 0.3 is 0 Å². The summed E-state index contributed by atoms with van der Waals surface area (Å²) in [5.41, 5.74) is 0. The predicted molar refractivity (Wildman–Crippen MR) is 39.6 cm³/mol. The predicted octanol–water partition coefficient (Wildman–Crippen LogP) is 0.776. The van der Waals surface area contributed by atoms with Gasteiger partial charge in [0.1, 0.15) is 0 Å². The Morgan fingerprint density at radius 1 is 1.40 bits per heavy atom. The second kappa shape index (κ2) is 3.35. The van der Waals surface area contributed by atoms with E-state index in [1.165, 1.54) is 0 Å². The molecule has 1 saturated carbocycles. The van der Waals surface area contributed by atoms with Crippen LogP contribution in [0.3, 0.4) is 0 Å². The molecule has 0 amide bonds.